The van der Waals surface area contributed by atoms with E-state index in [2.05, 4.69) is 29.4 Å². The van der Waals surface area contributed by atoms with Crippen LogP contribution < -0.4 is 10.1 Å². The zero-order valence-electron chi connectivity index (χ0n) is 19.4. The van der Waals surface area contributed by atoms with Crippen LogP contribution in [0.5, 0.6) is 5.75 Å². The van der Waals surface area contributed by atoms with Crippen molar-refractivity contribution >= 4 is 40.0 Å². The molecule has 0 saturated carbocycles. The molecule has 10 heteroatoms. The van der Waals surface area contributed by atoms with E-state index in [9.17, 15) is 9.59 Å². The highest BCUT2D eigenvalue weighted by Gasteiger charge is 2.23. The minimum Gasteiger partial charge on any atom is -0.496 e. The monoisotopic (exact) mass is 488 g/mol. The maximum atomic E-state index is 12.7. The highest BCUT2D eigenvalue weighted by atomic mass is 32.2. The molecule has 0 fully saturated rings. The van der Waals surface area contributed by atoms with Gasteiger partial charge in [0.25, 0.3) is 0 Å². The number of rotatable bonds is 10. The normalized spacial score (nSPS) is 11.0. The number of thiophene rings is 1. The van der Waals surface area contributed by atoms with Crippen LogP contribution in [0.25, 0.3) is 11.4 Å². The molecular formula is C23H28N4O4S2. The molecule has 0 aliphatic heterocycles. The summed E-state index contributed by atoms with van der Waals surface area (Å²) in [4.78, 5) is 25.2. The van der Waals surface area contributed by atoms with Gasteiger partial charge in [0, 0.05) is 7.05 Å². The van der Waals surface area contributed by atoms with E-state index in [0.29, 0.717) is 33.2 Å². The van der Waals surface area contributed by atoms with Crippen LogP contribution in [-0.4, -0.2) is 46.1 Å². The zero-order chi connectivity index (χ0) is 24.0. The highest BCUT2D eigenvalue weighted by Crippen LogP contribution is 2.32. The number of benzene rings is 1. The lowest BCUT2D eigenvalue weighted by atomic mass is 10.0. The van der Waals surface area contributed by atoms with E-state index in [1.165, 1.54) is 23.1 Å². The summed E-state index contributed by atoms with van der Waals surface area (Å²) in [5, 5.41) is 14.4. The molecule has 0 spiro atoms. The van der Waals surface area contributed by atoms with Gasteiger partial charge < -0.3 is 19.4 Å². The summed E-state index contributed by atoms with van der Waals surface area (Å²) in [6, 6.07) is 7.56. The molecule has 1 amide bonds. The lowest BCUT2D eigenvalue weighted by Gasteiger charge is -2.10. The van der Waals surface area contributed by atoms with Crippen molar-refractivity contribution in [3.05, 3.63) is 40.8 Å². The minimum atomic E-state index is -0.410. The Bertz CT molecular complexity index is 1120. The van der Waals surface area contributed by atoms with Crippen molar-refractivity contribution in [2.75, 3.05) is 24.8 Å². The largest absolute Gasteiger partial charge is 0.496 e. The maximum Gasteiger partial charge on any atom is 0.341 e. The number of nitrogens with zero attached hydrogens (tertiary/aromatic N) is 3. The molecule has 176 valence electrons. The van der Waals surface area contributed by atoms with Gasteiger partial charge in [-0.2, -0.15) is 0 Å². The number of carbonyl (C=O) groups excluding carboxylic acids is 2. The van der Waals surface area contributed by atoms with Crippen molar-refractivity contribution in [2.24, 2.45) is 13.0 Å². The predicted octanol–water partition coefficient (Wildman–Crippen LogP) is 4.66. The number of hydrogen-bond donors (Lipinski definition) is 1. The fraction of sp³-hybridized carbons (Fsp3) is 0.391. The molecule has 2 heterocycles. The molecule has 3 rings (SSSR count). The number of para-hydroxylation sites is 1. The van der Waals surface area contributed by atoms with Crippen LogP contribution in [-0.2, 0) is 23.0 Å². The van der Waals surface area contributed by atoms with Gasteiger partial charge in [-0.25, -0.2) is 4.79 Å². The Hall–Kier alpha value is -2.85. The minimum absolute atomic E-state index is 0.123. The Labute approximate surface area is 201 Å². The Kier molecular flexibility index (Phi) is 8.51. The number of aromatic nitrogens is 3. The molecule has 0 aliphatic carbocycles. The van der Waals surface area contributed by atoms with Gasteiger partial charge in [-0.05, 0) is 42.3 Å². The number of nitrogens with one attached hydrogen (secondary N) is 1. The second-order valence-electron chi connectivity index (χ2n) is 7.69. The van der Waals surface area contributed by atoms with Crippen molar-refractivity contribution in [1.82, 2.24) is 14.8 Å². The molecule has 2 aromatic heterocycles. The van der Waals surface area contributed by atoms with Crippen LogP contribution in [0.3, 0.4) is 0 Å². The molecule has 3 aromatic rings. The number of ether oxygens (including phenoxy) is 2. The molecule has 1 aromatic carbocycles. The van der Waals surface area contributed by atoms with Crippen molar-refractivity contribution in [1.29, 1.82) is 0 Å². The smallest absolute Gasteiger partial charge is 0.341 e. The number of carbonyl (C=O) groups is 2. The first-order chi connectivity index (χ1) is 15.8. The molecule has 0 atom stereocenters. The summed E-state index contributed by atoms with van der Waals surface area (Å²) < 4.78 is 12.5. The van der Waals surface area contributed by atoms with E-state index < -0.39 is 5.97 Å². The molecule has 1 N–H and O–H groups in total. The molecule has 0 unspecified atom stereocenters. The average Bonchev–Trinajstić information content (AvgIpc) is 3.34. The third kappa shape index (κ3) is 5.94. The van der Waals surface area contributed by atoms with E-state index in [1.54, 1.807) is 14.0 Å². The first-order valence-corrected chi connectivity index (χ1v) is 12.4. The third-order valence-corrected chi connectivity index (χ3v) is 6.71. The summed E-state index contributed by atoms with van der Waals surface area (Å²) >= 11 is 2.61. The number of esters is 1. The van der Waals surface area contributed by atoms with Gasteiger partial charge in [0.15, 0.2) is 11.0 Å². The Morgan fingerprint density at radius 2 is 2.00 bits per heavy atom. The molecular weight excluding hydrogens is 460 g/mol. The first-order valence-electron chi connectivity index (χ1n) is 10.6. The second kappa shape index (κ2) is 11.3. The van der Waals surface area contributed by atoms with Gasteiger partial charge in [-0.3, -0.25) is 4.79 Å². The van der Waals surface area contributed by atoms with Gasteiger partial charge in [-0.15, -0.1) is 21.5 Å². The van der Waals surface area contributed by atoms with Gasteiger partial charge >= 0.3 is 5.97 Å². The van der Waals surface area contributed by atoms with E-state index >= 15 is 0 Å². The number of methoxy groups -OCH3 is 1. The van der Waals surface area contributed by atoms with Gasteiger partial charge in [0.05, 0.1) is 30.6 Å². The SMILES string of the molecule is CCOC(=O)c1c(CC(C)C)csc1NC(=O)CSc1nnc(-c2ccccc2OC)n1C. The molecule has 8 nitrogen and oxygen atoms in total. The van der Waals surface area contributed by atoms with Crippen LogP contribution in [0.1, 0.15) is 36.7 Å². The third-order valence-electron chi connectivity index (χ3n) is 4.74. The molecule has 0 saturated heterocycles. The number of thioether (sulfide) groups is 1. The van der Waals surface area contributed by atoms with Crippen molar-refractivity contribution in [3.8, 4) is 17.1 Å². The summed E-state index contributed by atoms with van der Waals surface area (Å²) in [5.41, 5.74) is 2.17. The topological polar surface area (TPSA) is 95.3 Å². The lowest BCUT2D eigenvalue weighted by Crippen LogP contribution is -2.17. The van der Waals surface area contributed by atoms with Crippen LogP contribution in [0.2, 0.25) is 0 Å². The van der Waals surface area contributed by atoms with E-state index in [-0.39, 0.29) is 18.3 Å². The average molecular weight is 489 g/mol. The van der Waals surface area contributed by atoms with E-state index in [1.807, 2.05) is 41.3 Å². The Morgan fingerprint density at radius 3 is 2.70 bits per heavy atom. The number of anilines is 1. The molecule has 0 aliphatic rings. The predicted molar refractivity (Wildman–Crippen MR) is 131 cm³/mol. The Morgan fingerprint density at radius 1 is 1.24 bits per heavy atom. The molecule has 33 heavy (non-hydrogen) atoms. The summed E-state index contributed by atoms with van der Waals surface area (Å²) in [5.74, 6) is 1.20. The zero-order valence-corrected chi connectivity index (χ0v) is 21.0. The quantitative estimate of drug-likeness (QED) is 0.328. The fourth-order valence-electron chi connectivity index (χ4n) is 3.30. The van der Waals surface area contributed by atoms with Gasteiger partial charge in [-0.1, -0.05) is 37.7 Å². The van der Waals surface area contributed by atoms with Gasteiger partial charge in [0.1, 0.15) is 10.8 Å². The van der Waals surface area contributed by atoms with Crippen LogP contribution >= 0.6 is 23.1 Å². The van der Waals surface area contributed by atoms with Crippen molar-refractivity contribution < 1.29 is 19.1 Å². The van der Waals surface area contributed by atoms with Crippen molar-refractivity contribution in [3.63, 3.8) is 0 Å². The molecule has 0 bridgehead atoms. The maximum absolute atomic E-state index is 12.7. The number of hydrogen-bond acceptors (Lipinski definition) is 8. The number of amides is 1. The lowest BCUT2D eigenvalue weighted by molar-refractivity contribution is -0.113. The highest BCUT2D eigenvalue weighted by molar-refractivity contribution is 7.99. The van der Waals surface area contributed by atoms with Crippen molar-refractivity contribution in [2.45, 2.75) is 32.3 Å². The fourth-order valence-corrected chi connectivity index (χ4v) is 4.99. The van der Waals surface area contributed by atoms with E-state index in [4.69, 9.17) is 9.47 Å². The van der Waals surface area contributed by atoms with Crippen LogP contribution in [0, 0.1) is 5.92 Å². The second-order valence-corrected chi connectivity index (χ2v) is 9.51. The summed E-state index contributed by atoms with van der Waals surface area (Å²) in [6.07, 6.45) is 0.736. The van der Waals surface area contributed by atoms with Crippen LogP contribution in [0.4, 0.5) is 5.00 Å². The first kappa shape index (κ1) is 24.8. The summed E-state index contributed by atoms with van der Waals surface area (Å²) in [6.45, 7) is 6.21. The Balaban J connectivity index is 1.71. The summed E-state index contributed by atoms with van der Waals surface area (Å²) in [7, 11) is 3.45. The molecule has 0 radical (unpaired) electrons. The van der Waals surface area contributed by atoms with Gasteiger partial charge in [0.2, 0.25) is 5.91 Å². The standard InChI is InChI=1S/C23H28N4O4S2/c1-6-31-22(29)19-15(11-14(2)3)12-32-21(19)24-18(28)13-33-23-26-25-20(27(23)4)16-9-7-8-10-17(16)30-5/h7-10,12,14H,6,11,13H2,1-5H3,(H,24,28). The van der Waals surface area contributed by atoms with Crippen LogP contribution in [0.15, 0.2) is 34.8 Å². The van der Waals surface area contributed by atoms with E-state index in [0.717, 1.165) is 17.5 Å².